The summed E-state index contributed by atoms with van der Waals surface area (Å²) in [6.45, 7) is 2.73. The zero-order valence-corrected chi connectivity index (χ0v) is 12.4. The Kier molecular flexibility index (Phi) is 3.50. The molecule has 0 saturated carbocycles. The number of carbonyl (C=O) groups is 1. The lowest BCUT2D eigenvalue weighted by atomic mass is 10.0. The standard InChI is InChI=1S/C14H18N4O3/c1-9-4-13(21-16-9)14(19)18-6-11-12(17(2)8-15-11)5-10(18)7-20-3/h4,8,10H,5-7H2,1-3H3. The Bertz CT molecular complexity index is 661. The molecule has 7 nitrogen and oxygen atoms in total. The first-order chi connectivity index (χ1) is 10.1. The van der Waals surface area contributed by atoms with Gasteiger partial charge in [-0.2, -0.15) is 0 Å². The van der Waals surface area contributed by atoms with E-state index in [2.05, 4.69) is 10.1 Å². The van der Waals surface area contributed by atoms with Crippen molar-refractivity contribution in [3.05, 3.63) is 35.2 Å². The normalized spacial score (nSPS) is 17.9. The lowest BCUT2D eigenvalue weighted by Gasteiger charge is -2.34. The molecule has 0 spiro atoms. The molecule has 1 unspecified atom stereocenters. The third-order valence-electron chi connectivity index (χ3n) is 3.79. The van der Waals surface area contributed by atoms with Crippen LogP contribution in [-0.4, -0.2) is 45.3 Å². The molecule has 0 bridgehead atoms. The highest BCUT2D eigenvalue weighted by Crippen LogP contribution is 2.24. The molecule has 1 aliphatic heterocycles. The number of fused-ring (bicyclic) bond motifs is 1. The zero-order valence-electron chi connectivity index (χ0n) is 12.4. The maximum absolute atomic E-state index is 12.6. The number of amides is 1. The number of hydrogen-bond acceptors (Lipinski definition) is 5. The fraction of sp³-hybridized carbons (Fsp3) is 0.500. The fourth-order valence-corrected chi connectivity index (χ4v) is 2.71. The second-order valence-corrected chi connectivity index (χ2v) is 5.33. The molecular formula is C14H18N4O3. The lowest BCUT2D eigenvalue weighted by Crippen LogP contribution is -2.47. The molecular weight excluding hydrogens is 272 g/mol. The molecule has 21 heavy (non-hydrogen) atoms. The second kappa shape index (κ2) is 5.33. The third kappa shape index (κ3) is 2.44. The van der Waals surface area contributed by atoms with Crippen LogP contribution >= 0.6 is 0 Å². The molecule has 3 heterocycles. The molecule has 7 heteroatoms. The zero-order chi connectivity index (χ0) is 15.0. The lowest BCUT2D eigenvalue weighted by molar-refractivity contribution is 0.0432. The SMILES string of the molecule is COCC1Cc2c(ncn2C)CN1C(=O)c1cc(C)no1. The Hall–Kier alpha value is -2.15. The van der Waals surface area contributed by atoms with Crippen molar-refractivity contribution in [1.82, 2.24) is 19.6 Å². The molecule has 2 aromatic rings. The second-order valence-electron chi connectivity index (χ2n) is 5.33. The number of imidazole rings is 1. The minimum atomic E-state index is -0.172. The average molecular weight is 290 g/mol. The van der Waals surface area contributed by atoms with E-state index in [1.807, 2.05) is 11.6 Å². The monoisotopic (exact) mass is 290 g/mol. The van der Waals surface area contributed by atoms with E-state index in [4.69, 9.17) is 9.26 Å². The number of rotatable bonds is 3. The van der Waals surface area contributed by atoms with Crippen molar-refractivity contribution in [1.29, 1.82) is 0 Å². The van der Waals surface area contributed by atoms with E-state index in [-0.39, 0.29) is 17.7 Å². The first-order valence-corrected chi connectivity index (χ1v) is 6.82. The number of aromatic nitrogens is 3. The van der Waals surface area contributed by atoms with Gasteiger partial charge in [0.1, 0.15) is 0 Å². The predicted molar refractivity (Wildman–Crippen MR) is 73.7 cm³/mol. The molecule has 0 radical (unpaired) electrons. The van der Waals surface area contributed by atoms with Gasteiger partial charge >= 0.3 is 0 Å². The summed E-state index contributed by atoms with van der Waals surface area (Å²) >= 11 is 0. The minimum absolute atomic E-state index is 0.0317. The van der Waals surface area contributed by atoms with Crippen LogP contribution < -0.4 is 0 Å². The van der Waals surface area contributed by atoms with Gasteiger partial charge in [-0.05, 0) is 6.92 Å². The van der Waals surface area contributed by atoms with Crippen molar-refractivity contribution < 1.29 is 14.1 Å². The van der Waals surface area contributed by atoms with Crippen LogP contribution in [0.2, 0.25) is 0 Å². The van der Waals surface area contributed by atoms with E-state index in [1.165, 1.54) is 0 Å². The predicted octanol–water partition coefficient (Wildman–Crippen LogP) is 0.930. The largest absolute Gasteiger partial charge is 0.383 e. The van der Waals surface area contributed by atoms with Gasteiger partial charge in [0.05, 0.1) is 36.9 Å². The molecule has 1 aliphatic rings. The maximum Gasteiger partial charge on any atom is 0.293 e. The Morgan fingerprint density at radius 2 is 2.38 bits per heavy atom. The van der Waals surface area contributed by atoms with E-state index in [1.54, 1.807) is 31.3 Å². The van der Waals surface area contributed by atoms with Crippen molar-refractivity contribution in [2.45, 2.75) is 25.9 Å². The number of carbonyl (C=O) groups excluding carboxylic acids is 1. The summed E-state index contributed by atoms with van der Waals surface area (Å²) in [6.07, 6.45) is 2.50. The highest BCUT2D eigenvalue weighted by atomic mass is 16.5. The van der Waals surface area contributed by atoms with E-state index in [0.29, 0.717) is 18.8 Å². The molecule has 0 aliphatic carbocycles. The van der Waals surface area contributed by atoms with Crippen LogP contribution in [-0.2, 0) is 24.8 Å². The molecule has 112 valence electrons. The summed E-state index contributed by atoms with van der Waals surface area (Å²) in [5.41, 5.74) is 2.77. The molecule has 1 atom stereocenters. The number of methoxy groups -OCH3 is 1. The highest BCUT2D eigenvalue weighted by molar-refractivity contribution is 5.91. The molecule has 1 amide bonds. The van der Waals surface area contributed by atoms with Crippen LogP contribution in [0.15, 0.2) is 16.9 Å². The average Bonchev–Trinajstić information content (AvgIpc) is 3.05. The number of aryl methyl sites for hydroxylation is 2. The van der Waals surface area contributed by atoms with Crippen LogP contribution in [0.4, 0.5) is 0 Å². The van der Waals surface area contributed by atoms with E-state index >= 15 is 0 Å². The first kappa shape index (κ1) is 13.8. The van der Waals surface area contributed by atoms with Gasteiger partial charge in [-0.1, -0.05) is 5.16 Å². The van der Waals surface area contributed by atoms with Crippen LogP contribution in [0.3, 0.4) is 0 Å². The molecule has 0 aromatic carbocycles. The Morgan fingerprint density at radius 1 is 1.57 bits per heavy atom. The van der Waals surface area contributed by atoms with Gasteiger partial charge in [-0.3, -0.25) is 4.79 Å². The Balaban J connectivity index is 1.90. The van der Waals surface area contributed by atoms with E-state index < -0.39 is 0 Å². The van der Waals surface area contributed by atoms with Crippen molar-refractivity contribution in [3.63, 3.8) is 0 Å². The van der Waals surface area contributed by atoms with Gasteiger partial charge in [0.2, 0.25) is 5.76 Å². The summed E-state index contributed by atoms with van der Waals surface area (Å²) in [4.78, 5) is 18.7. The summed E-state index contributed by atoms with van der Waals surface area (Å²) < 4.78 is 12.4. The van der Waals surface area contributed by atoms with Gasteiger partial charge in [-0.25, -0.2) is 4.98 Å². The van der Waals surface area contributed by atoms with Gasteiger partial charge in [-0.15, -0.1) is 0 Å². The molecule has 3 rings (SSSR count). The van der Waals surface area contributed by atoms with E-state index in [0.717, 1.165) is 17.8 Å². The summed E-state index contributed by atoms with van der Waals surface area (Å²) in [5.74, 6) is 0.0851. The Labute approximate surface area is 122 Å². The first-order valence-electron chi connectivity index (χ1n) is 6.82. The molecule has 0 N–H and O–H groups in total. The van der Waals surface area contributed by atoms with Crippen molar-refractivity contribution in [2.75, 3.05) is 13.7 Å². The molecule has 0 fully saturated rings. The number of nitrogens with zero attached hydrogens (tertiary/aromatic N) is 4. The quantitative estimate of drug-likeness (QED) is 0.840. The molecule has 0 saturated heterocycles. The van der Waals surface area contributed by atoms with Crippen LogP contribution in [0.25, 0.3) is 0 Å². The van der Waals surface area contributed by atoms with Crippen LogP contribution in [0.1, 0.15) is 27.6 Å². The summed E-state index contributed by atoms with van der Waals surface area (Å²) in [6, 6.07) is 1.62. The highest BCUT2D eigenvalue weighted by Gasteiger charge is 2.34. The van der Waals surface area contributed by atoms with Crippen molar-refractivity contribution in [3.8, 4) is 0 Å². The molecule has 2 aromatic heterocycles. The van der Waals surface area contributed by atoms with Crippen LogP contribution in [0, 0.1) is 6.92 Å². The van der Waals surface area contributed by atoms with Gasteiger partial charge in [0, 0.05) is 32.3 Å². The smallest absolute Gasteiger partial charge is 0.293 e. The summed E-state index contributed by atoms with van der Waals surface area (Å²) in [5, 5.41) is 3.78. The fourth-order valence-electron chi connectivity index (χ4n) is 2.71. The minimum Gasteiger partial charge on any atom is -0.383 e. The number of ether oxygens (including phenoxy) is 1. The third-order valence-corrected chi connectivity index (χ3v) is 3.79. The van der Waals surface area contributed by atoms with E-state index in [9.17, 15) is 4.79 Å². The van der Waals surface area contributed by atoms with Crippen molar-refractivity contribution >= 4 is 5.91 Å². The topological polar surface area (TPSA) is 73.4 Å². The maximum atomic E-state index is 12.6. The van der Waals surface area contributed by atoms with Gasteiger partial charge < -0.3 is 18.7 Å². The Morgan fingerprint density at radius 3 is 3.05 bits per heavy atom. The van der Waals surface area contributed by atoms with Crippen LogP contribution in [0.5, 0.6) is 0 Å². The van der Waals surface area contributed by atoms with Gasteiger partial charge in [0.15, 0.2) is 0 Å². The van der Waals surface area contributed by atoms with Crippen molar-refractivity contribution in [2.24, 2.45) is 7.05 Å². The van der Waals surface area contributed by atoms with Gasteiger partial charge in [0.25, 0.3) is 5.91 Å². The summed E-state index contributed by atoms with van der Waals surface area (Å²) in [7, 11) is 3.60. The number of hydrogen-bond donors (Lipinski definition) is 0.